The summed E-state index contributed by atoms with van der Waals surface area (Å²) in [4.78, 5) is 4.42. The lowest BCUT2D eigenvalue weighted by atomic mass is 9.82. The van der Waals surface area contributed by atoms with Crippen molar-refractivity contribution in [1.29, 1.82) is 5.26 Å². The third-order valence-electron chi connectivity index (χ3n) is 3.17. The molecule has 1 fully saturated rings. The van der Waals surface area contributed by atoms with E-state index in [1.54, 1.807) is 0 Å². The first-order chi connectivity index (χ1) is 7.60. The van der Waals surface area contributed by atoms with Crippen molar-refractivity contribution in [3.63, 3.8) is 0 Å². The predicted molar refractivity (Wildman–Crippen MR) is 64.2 cm³/mol. The predicted octanol–water partition coefficient (Wildman–Crippen LogP) is 2.78. The first-order valence-electron chi connectivity index (χ1n) is 5.75. The lowest BCUT2D eigenvalue weighted by molar-refractivity contribution is 0.308. The zero-order chi connectivity index (χ0) is 11.7. The molecule has 1 saturated carbocycles. The minimum absolute atomic E-state index is 0.496. The van der Waals surface area contributed by atoms with Crippen molar-refractivity contribution in [3.8, 4) is 6.07 Å². The topological polar surface area (TPSA) is 48.7 Å². The summed E-state index contributed by atoms with van der Waals surface area (Å²) in [6.45, 7) is 6.17. The highest BCUT2D eigenvalue weighted by Crippen LogP contribution is 2.30. The first kappa shape index (κ1) is 10.9. The third kappa shape index (κ3) is 2.01. The normalized spacial score (nSPS) is 23.4. The molecular formula is C13H17N3. The van der Waals surface area contributed by atoms with Crippen LogP contribution in [-0.2, 0) is 0 Å². The van der Waals surface area contributed by atoms with Crippen molar-refractivity contribution < 1.29 is 0 Å². The Morgan fingerprint density at radius 1 is 1.44 bits per heavy atom. The Morgan fingerprint density at radius 3 is 2.69 bits per heavy atom. The van der Waals surface area contributed by atoms with Gasteiger partial charge in [-0.05, 0) is 44.2 Å². The Bertz CT molecular complexity index is 439. The molecule has 3 heteroatoms. The number of anilines is 1. The molecule has 0 unspecified atom stereocenters. The molecule has 1 aliphatic rings. The average Bonchev–Trinajstić information content (AvgIpc) is 2.14. The number of aromatic nitrogens is 1. The van der Waals surface area contributed by atoms with Gasteiger partial charge in [-0.25, -0.2) is 4.98 Å². The van der Waals surface area contributed by atoms with Crippen LogP contribution < -0.4 is 5.32 Å². The molecule has 0 radical (unpaired) electrons. The van der Waals surface area contributed by atoms with Crippen LogP contribution in [0.15, 0.2) is 6.07 Å². The van der Waals surface area contributed by atoms with E-state index in [9.17, 15) is 0 Å². The number of hydrogen-bond donors (Lipinski definition) is 1. The second-order valence-electron chi connectivity index (χ2n) is 4.83. The molecule has 0 amide bonds. The number of rotatable bonds is 2. The summed E-state index contributed by atoms with van der Waals surface area (Å²) in [5.41, 5.74) is 2.65. The van der Waals surface area contributed by atoms with Crippen LogP contribution in [0.5, 0.6) is 0 Å². The average molecular weight is 215 g/mol. The zero-order valence-electron chi connectivity index (χ0n) is 10.0. The number of nitrogens with one attached hydrogen (secondary N) is 1. The number of hydrogen-bond acceptors (Lipinski definition) is 3. The van der Waals surface area contributed by atoms with Crippen LogP contribution in [-0.4, -0.2) is 11.0 Å². The summed E-state index contributed by atoms with van der Waals surface area (Å²) in [5.74, 6) is 1.56. The molecule has 0 aromatic carbocycles. The van der Waals surface area contributed by atoms with Gasteiger partial charge in [0, 0.05) is 11.7 Å². The minimum atomic E-state index is 0.496. The molecule has 0 atom stereocenters. The van der Waals surface area contributed by atoms with E-state index in [2.05, 4.69) is 23.3 Å². The van der Waals surface area contributed by atoms with Gasteiger partial charge in [-0.1, -0.05) is 6.92 Å². The summed E-state index contributed by atoms with van der Waals surface area (Å²) >= 11 is 0. The zero-order valence-corrected chi connectivity index (χ0v) is 10.0. The minimum Gasteiger partial charge on any atom is -0.366 e. The quantitative estimate of drug-likeness (QED) is 0.825. The molecule has 16 heavy (non-hydrogen) atoms. The van der Waals surface area contributed by atoms with Gasteiger partial charge in [-0.3, -0.25) is 0 Å². The molecule has 1 heterocycles. The van der Waals surface area contributed by atoms with Gasteiger partial charge in [-0.2, -0.15) is 5.26 Å². The van der Waals surface area contributed by atoms with Crippen LogP contribution in [0.3, 0.4) is 0 Å². The maximum absolute atomic E-state index is 9.12. The fourth-order valence-electron chi connectivity index (χ4n) is 2.30. The molecule has 0 aliphatic heterocycles. The summed E-state index contributed by atoms with van der Waals surface area (Å²) in [7, 11) is 0. The van der Waals surface area contributed by atoms with E-state index in [-0.39, 0.29) is 0 Å². The van der Waals surface area contributed by atoms with Crippen LogP contribution in [0.4, 0.5) is 5.82 Å². The van der Waals surface area contributed by atoms with Gasteiger partial charge < -0.3 is 5.32 Å². The van der Waals surface area contributed by atoms with Gasteiger partial charge in [0.1, 0.15) is 11.9 Å². The van der Waals surface area contributed by atoms with E-state index < -0.39 is 0 Å². The molecule has 1 aliphatic carbocycles. The van der Waals surface area contributed by atoms with Crippen LogP contribution in [0.1, 0.15) is 36.6 Å². The van der Waals surface area contributed by atoms with Crippen molar-refractivity contribution in [3.05, 3.63) is 22.9 Å². The fourth-order valence-corrected chi connectivity index (χ4v) is 2.30. The summed E-state index contributed by atoms with van der Waals surface area (Å²) in [5, 5.41) is 12.5. The largest absolute Gasteiger partial charge is 0.366 e. The third-order valence-corrected chi connectivity index (χ3v) is 3.17. The Labute approximate surface area is 96.5 Å². The van der Waals surface area contributed by atoms with Gasteiger partial charge >= 0.3 is 0 Å². The molecule has 3 nitrogen and oxygen atoms in total. The highest BCUT2D eigenvalue weighted by atomic mass is 15.0. The SMILES string of the molecule is Cc1cc(C)c(C#N)c(NC2CC(C)C2)n1. The highest BCUT2D eigenvalue weighted by molar-refractivity contribution is 5.57. The fraction of sp³-hybridized carbons (Fsp3) is 0.538. The van der Waals surface area contributed by atoms with Crippen molar-refractivity contribution in [2.75, 3.05) is 5.32 Å². The maximum atomic E-state index is 9.12. The summed E-state index contributed by atoms with van der Waals surface area (Å²) in [6, 6.07) is 4.68. The van der Waals surface area contributed by atoms with Crippen molar-refractivity contribution >= 4 is 5.82 Å². The molecule has 2 rings (SSSR count). The molecule has 0 spiro atoms. The first-order valence-corrected chi connectivity index (χ1v) is 5.75. The van der Waals surface area contributed by atoms with Gasteiger partial charge in [-0.15, -0.1) is 0 Å². The smallest absolute Gasteiger partial charge is 0.144 e. The molecule has 1 aromatic rings. The van der Waals surface area contributed by atoms with Crippen LogP contribution >= 0.6 is 0 Å². The van der Waals surface area contributed by atoms with Gasteiger partial charge in [0.25, 0.3) is 0 Å². The number of nitriles is 1. The van der Waals surface area contributed by atoms with Crippen molar-refractivity contribution in [1.82, 2.24) is 4.98 Å². The second kappa shape index (κ2) is 4.13. The second-order valence-corrected chi connectivity index (χ2v) is 4.83. The molecule has 1 N–H and O–H groups in total. The van der Waals surface area contributed by atoms with Gasteiger partial charge in [0.05, 0.1) is 5.56 Å². The van der Waals surface area contributed by atoms with E-state index in [4.69, 9.17) is 5.26 Å². The molecule has 0 saturated heterocycles. The molecule has 1 aromatic heterocycles. The van der Waals surface area contributed by atoms with E-state index in [1.807, 2.05) is 19.9 Å². The number of aryl methyl sites for hydroxylation is 2. The van der Waals surface area contributed by atoms with E-state index >= 15 is 0 Å². The van der Waals surface area contributed by atoms with E-state index in [0.29, 0.717) is 11.6 Å². The van der Waals surface area contributed by atoms with Crippen LogP contribution in [0, 0.1) is 31.1 Å². The Morgan fingerprint density at radius 2 is 2.12 bits per heavy atom. The molecule has 84 valence electrons. The Kier molecular flexibility index (Phi) is 2.82. The Balaban J connectivity index is 2.22. The molecular weight excluding hydrogens is 198 g/mol. The van der Waals surface area contributed by atoms with E-state index in [0.717, 1.165) is 23.0 Å². The van der Waals surface area contributed by atoms with Gasteiger partial charge in [0.15, 0.2) is 0 Å². The van der Waals surface area contributed by atoms with Gasteiger partial charge in [0.2, 0.25) is 0 Å². The number of pyridine rings is 1. The lowest BCUT2D eigenvalue weighted by Gasteiger charge is -2.34. The summed E-state index contributed by atoms with van der Waals surface area (Å²) in [6.07, 6.45) is 2.36. The molecule has 0 bridgehead atoms. The number of nitrogens with zero attached hydrogens (tertiary/aromatic N) is 2. The van der Waals surface area contributed by atoms with Crippen molar-refractivity contribution in [2.24, 2.45) is 5.92 Å². The van der Waals surface area contributed by atoms with Crippen LogP contribution in [0.25, 0.3) is 0 Å². The van der Waals surface area contributed by atoms with Crippen LogP contribution in [0.2, 0.25) is 0 Å². The monoisotopic (exact) mass is 215 g/mol. The summed E-state index contributed by atoms with van der Waals surface area (Å²) < 4.78 is 0. The lowest BCUT2D eigenvalue weighted by Crippen LogP contribution is -2.34. The highest BCUT2D eigenvalue weighted by Gasteiger charge is 2.26. The Hall–Kier alpha value is -1.56. The standard InChI is InChI=1S/C13H17N3/c1-8-4-11(5-8)16-13-12(7-14)9(2)6-10(3)15-13/h6,8,11H,4-5H2,1-3H3,(H,15,16). The van der Waals surface area contributed by atoms with Crippen molar-refractivity contribution in [2.45, 2.75) is 39.7 Å². The van der Waals surface area contributed by atoms with E-state index in [1.165, 1.54) is 12.8 Å². The maximum Gasteiger partial charge on any atom is 0.144 e.